The van der Waals surface area contributed by atoms with Crippen molar-refractivity contribution in [3.8, 4) is 11.5 Å². The molecule has 2 amide bonds. The Morgan fingerprint density at radius 3 is 2.44 bits per heavy atom. The molecule has 1 N–H and O–H groups in total. The van der Waals surface area contributed by atoms with Gasteiger partial charge in [0.2, 0.25) is 11.8 Å². The molecule has 0 aliphatic carbocycles. The summed E-state index contributed by atoms with van der Waals surface area (Å²) in [6.07, 6.45) is 1.89. The molecule has 8 nitrogen and oxygen atoms in total. The first-order valence-electron chi connectivity index (χ1n) is 13.2. The largest absolute Gasteiger partial charge is 0.493 e. The highest BCUT2D eigenvalue weighted by molar-refractivity contribution is 6.30. The number of nitrogens with zero attached hydrogens (tertiary/aromatic N) is 3. The Kier molecular flexibility index (Phi) is 7.77. The molecular formula is C30H33ClN4O4. The number of methoxy groups -OCH3 is 1. The number of piperazine rings is 1. The van der Waals surface area contributed by atoms with Crippen LogP contribution in [0.1, 0.15) is 55.2 Å². The summed E-state index contributed by atoms with van der Waals surface area (Å²) in [5.74, 6) is 1.23. The topological polar surface area (TPSA) is 84.0 Å². The second-order valence-corrected chi connectivity index (χ2v) is 10.6. The lowest BCUT2D eigenvalue weighted by atomic mass is 9.87. The van der Waals surface area contributed by atoms with E-state index in [1.807, 2.05) is 74.2 Å². The molecule has 1 aromatic heterocycles. The molecule has 3 heterocycles. The van der Waals surface area contributed by atoms with E-state index in [0.717, 1.165) is 28.9 Å². The smallest absolute Gasteiger partial charge is 0.237 e. The maximum atomic E-state index is 13.7. The number of ether oxygens (including phenoxy) is 2. The molecule has 39 heavy (non-hydrogen) atoms. The fraction of sp³-hybridized carbons (Fsp3) is 0.367. The SMILES string of the molecule is COc1cc2c(cc1OC(C)C)[C@H](c1ccc(Cl)cc1)N(c1ccc([C@H](C)N3CCNCC3=O)nc1)C(=O)C2. The van der Waals surface area contributed by atoms with Gasteiger partial charge in [-0.25, -0.2) is 0 Å². The van der Waals surface area contributed by atoms with Crippen LogP contribution >= 0.6 is 11.6 Å². The molecule has 1 fully saturated rings. The Morgan fingerprint density at radius 1 is 1.03 bits per heavy atom. The Hall–Kier alpha value is -3.62. The highest BCUT2D eigenvalue weighted by Crippen LogP contribution is 2.43. The van der Waals surface area contributed by atoms with Crippen LogP contribution in [0.2, 0.25) is 5.02 Å². The van der Waals surface area contributed by atoms with E-state index in [1.54, 1.807) is 18.2 Å². The summed E-state index contributed by atoms with van der Waals surface area (Å²) in [7, 11) is 1.60. The number of carbonyl (C=O) groups excluding carboxylic acids is 2. The summed E-state index contributed by atoms with van der Waals surface area (Å²) in [6, 6.07) is 14.6. The maximum Gasteiger partial charge on any atom is 0.237 e. The molecule has 1 saturated heterocycles. The number of rotatable bonds is 7. The Bertz CT molecular complexity index is 1360. The predicted octanol–water partition coefficient (Wildman–Crippen LogP) is 4.70. The fourth-order valence-electron chi connectivity index (χ4n) is 5.31. The van der Waals surface area contributed by atoms with Crippen molar-refractivity contribution < 1.29 is 19.1 Å². The van der Waals surface area contributed by atoms with Crippen molar-refractivity contribution in [3.63, 3.8) is 0 Å². The van der Waals surface area contributed by atoms with E-state index in [2.05, 4.69) is 5.32 Å². The van der Waals surface area contributed by atoms with E-state index >= 15 is 0 Å². The molecule has 9 heteroatoms. The summed E-state index contributed by atoms with van der Waals surface area (Å²) < 4.78 is 11.7. The van der Waals surface area contributed by atoms with Crippen molar-refractivity contribution in [2.45, 2.75) is 45.4 Å². The molecule has 2 aliphatic heterocycles. The standard InChI is InChI=1S/C30H33ClN4O4/c1-18(2)39-27-15-24-21(13-26(27)38-4)14-28(36)35(30(24)20-5-7-22(31)8-6-20)23-9-10-25(33-16-23)19(3)34-12-11-32-17-29(34)37/h5-10,13,15-16,18-19,30,32H,11-12,14,17H2,1-4H3/t19-,30-/m0/s1. The van der Waals surface area contributed by atoms with E-state index in [1.165, 1.54) is 0 Å². The molecule has 5 rings (SSSR count). The molecule has 2 atom stereocenters. The molecule has 0 radical (unpaired) electrons. The average molecular weight is 549 g/mol. The second-order valence-electron chi connectivity index (χ2n) is 10.1. The molecule has 0 spiro atoms. The molecule has 3 aromatic rings. The number of benzene rings is 2. The zero-order valence-corrected chi connectivity index (χ0v) is 23.4. The molecule has 204 valence electrons. The summed E-state index contributed by atoms with van der Waals surface area (Å²) in [5, 5.41) is 3.72. The Labute approximate surface area is 233 Å². The quantitative estimate of drug-likeness (QED) is 0.461. The monoisotopic (exact) mass is 548 g/mol. The third-order valence-electron chi connectivity index (χ3n) is 7.21. The van der Waals surface area contributed by atoms with E-state index in [9.17, 15) is 9.59 Å². The van der Waals surface area contributed by atoms with Crippen LogP contribution in [-0.2, 0) is 16.0 Å². The zero-order chi connectivity index (χ0) is 27.7. The number of fused-ring (bicyclic) bond motifs is 1. The van der Waals surface area contributed by atoms with Gasteiger partial charge < -0.3 is 19.7 Å². The second kappa shape index (κ2) is 11.2. The number of carbonyl (C=O) groups is 2. The van der Waals surface area contributed by atoms with Gasteiger partial charge in [-0.3, -0.25) is 19.5 Å². The highest BCUT2D eigenvalue weighted by atomic mass is 35.5. The summed E-state index contributed by atoms with van der Waals surface area (Å²) in [6.45, 7) is 7.63. The number of halogens is 1. The van der Waals surface area contributed by atoms with E-state index in [-0.39, 0.29) is 30.4 Å². The minimum absolute atomic E-state index is 0.0476. The summed E-state index contributed by atoms with van der Waals surface area (Å²) >= 11 is 6.22. The van der Waals surface area contributed by atoms with Gasteiger partial charge in [0, 0.05) is 18.1 Å². The van der Waals surface area contributed by atoms with Gasteiger partial charge in [0.1, 0.15) is 0 Å². The first kappa shape index (κ1) is 27.0. The van der Waals surface area contributed by atoms with Gasteiger partial charge in [0.25, 0.3) is 0 Å². The van der Waals surface area contributed by atoms with Crippen LogP contribution in [0.4, 0.5) is 5.69 Å². The number of anilines is 1. The third kappa shape index (κ3) is 5.44. The van der Waals surface area contributed by atoms with Gasteiger partial charge in [-0.15, -0.1) is 0 Å². The number of hydrogen-bond acceptors (Lipinski definition) is 6. The van der Waals surface area contributed by atoms with E-state index < -0.39 is 6.04 Å². The maximum absolute atomic E-state index is 13.7. The van der Waals surface area contributed by atoms with Gasteiger partial charge in [-0.1, -0.05) is 23.7 Å². The number of nitrogens with one attached hydrogen (secondary N) is 1. The summed E-state index contributed by atoms with van der Waals surface area (Å²) in [5.41, 5.74) is 4.21. The van der Waals surface area contributed by atoms with Crippen molar-refractivity contribution in [1.82, 2.24) is 15.2 Å². The van der Waals surface area contributed by atoms with Crippen molar-refractivity contribution >= 4 is 29.1 Å². The highest BCUT2D eigenvalue weighted by Gasteiger charge is 2.36. The number of hydrogen-bond donors (Lipinski definition) is 1. The summed E-state index contributed by atoms with van der Waals surface area (Å²) in [4.78, 5) is 34.4. The van der Waals surface area contributed by atoms with Gasteiger partial charge in [0.05, 0.1) is 55.8 Å². The zero-order valence-electron chi connectivity index (χ0n) is 22.6. The van der Waals surface area contributed by atoms with Crippen molar-refractivity contribution in [3.05, 3.63) is 82.1 Å². The minimum Gasteiger partial charge on any atom is -0.493 e. The minimum atomic E-state index is -0.418. The normalized spacial score (nSPS) is 18.3. The van der Waals surface area contributed by atoms with Gasteiger partial charge in [0.15, 0.2) is 11.5 Å². The van der Waals surface area contributed by atoms with Crippen LogP contribution in [0.3, 0.4) is 0 Å². The number of aromatic nitrogens is 1. The molecular weight excluding hydrogens is 516 g/mol. The lowest BCUT2D eigenvalue weighted by Crippen LogP contribution is -2.49. The van der Waals surface area contributed by atoms with Gasteiger partial charge >= 0.3 is 0 Å². The van der Waals surface area contributed by atoms with Gasteiger partial charge in [-0.2, -0.15) is 0 Å². The molecule has 2 aromatic carbocycles. The van der Waals surface area contributed by atoms with Crippen LogP contribution in [0.25, 0.3) is 0 Å². The number of pyridine rings is 1. The Morgan fingerprint density at radius 2 is 1.79 bits per heavy atom. The van der Waals surface area contributed by atoms with Crippen LogP contribution in [-0.4, -0.2) is 54.5 Å². The van der Waals surface area contributed by atoms with Crippen LogP contribution in [0, 0.1) is 0 Å². The van der Waals surface area contributed by atoms with Gasteiger partial charge in [-0.05, 0) is 73.9 Å². The molecule has 0 saturated carbocycles. The van der Waals surface area contributed by atoms with Crippen LogP contribution < -0.4 is 19.7 Å². The van der Waals surface area contributed by atoms with Crippen LogP contribution in [0.5, 0.6) is 11.5 Å². The van der Waals surface area contributed by atoms with Crippen molar-refractivity contribution in [2.24, 2.45) is 0 Å². The molecule has 0 unspecified atom stereocenters. The predicted molar refractivity (Wildman–Crippen MR) is 150 cm³/mol. The Balaban J connectivity index is 1.56. The average Bonchev–Trinajstić information content (AvgIpc) is 2.92. The molecule has 0 bridgehead atoms. The first-order chi connectivity index (χ1) is 18.8. The molecule has 2 aliphatic rings. The number of amides is 2. The van der Waals surface area contributed by atoms with E-state index in [0.29, 0.717) is 35.3 Å². The lowest BCUT2D eigenvalue weighted by Gasteiger charge is -2.38. The fourth-order valence-corrected chi connectivity index (χ4v) is 5.43. The van der Waals surface area contributed by atoms with E-state index in [4.69, 9.17) is 26.1 Å². The van der Waals surface area contributed by atoms with Crippen molar-refractivity contribution in [2.75, 3.05) is 31.6 Å². The first-order valence-corrected chi connectivity index (χ1v) is 13.6. The third-order valence-corrected chi connectivity index (χ3v) is 7.46. The van der Waals surface area contributed by atoms with Crippen LogP contribution in [0.15, 0.2) is 54.7 Å². The van der Waals surface area contributed by atoms with Crippen molar-refractivity contribution in [1.29, 1.82) is 0 Å². The lowest BCUT2D eigenvalue weighted by molar-refractivity contribution is -0.134.